The molecule has 0 aliphatic rings. The zero-order valence-electron chi connectivity index (χ0n) is 19.1. The summed E-state index contributed by atoms with van der Waals surface area (Å²) >= 11 is 0. The monoisotopic (exact) mass is 470 g/mol. The van der Waals surface area contributed by atoms with E-state index >= 15 is 0 Å². The van der Waals surface area contributed by atoms with E-state index < -0.39 is 16.4 Å². The second-order valence-electron chi connectivity index (χ2n) is 7.55. The lowest BCUT2D eigenvalue weighted by Crippen LogP contribution is -2.32. The van der Waals surface area contributed by atoms with E-state index in [-0.39, 0.29) is 29.2 Å². The number of aromatic nitrogens is 2. The summed E-state index contributed by atoms with van der Waals surface area (Å²) in [7, 11) is 1.34. The number of methoxy groups -OCH3 is 1. The van der Waals surface area contributed by atoms with Crippen LogP contribution in [-0.4, -0.2) is 27.7 Å². The Morgan fingerprint density at radius 1 is 1.03 bits per heavy atom. The summed E-state index contributed by atoms with van der Waals surface area (Å²) in [5, 5.41) is 18.4. The predicted octanol–water partition coefficient (Wildman–Crippen LogP) is 4.77. The number of hydrogen-bond donors (Lipinski definition) is 1. The normalized spacial score (nSPS) is 10.6. The molecule has 0 bridgehead atoms. The number of nitro groups is 1. The van der Waals surface area contributed by atoms with Crippen LogP contribution in [0.3, 0.4) is 0 Å². The van der Waals surface area contributed by atoms with E-state index in [9.17, 15) is 19.7 Å². The molecule has 0 atom stereocenters. The van der Waals surface area contributed by atoms with E-state index in [0.717, 1.165) is 5.56 Å². The number of aryl methyl sites for hydroxylation is 1. The van der Waals surface area contributed by atoms with Gasteiger partial charge in [-0.3, -0.25) is 19.7 Å². The Hall–Kier alpha value is -4.79. The van der Waals surface area contributed by atoms with Gasteiger partial charge in [0.2, 0.25) is 0 Å². The molecule has 4 aromatic rings. The number of nitrogens with zero attached hydrogens (tertiary/aromatic N) is 3. The third-order valence-electron chi connectivity index (χ3n) is 5.44. The molecule has 4 rings (SSSR count). The minimum atomic E-state index is -0.678. The van der Waals surface area contributed by atoms with E-state index in [0.29, 0.717) is 16.8 Å². The maximum absolute atomic E-state index is 13.6. The molecule has 176 valence electrons. The fourth-order valence-corrected chi connectivity index (χ4v) is 3.76. The zero-order chi connectivity index (χ0) is 24.9. The van der Waals surface area contributed by atoms with Crippen molar-refractivity contribution in [1.29, 1.82) is 0 Å². The van der Waals surface area contributed by atoms with Gasteiger partial charge in [0.15, 0.2) is 0 Å². The molecule has 0 spiro atoms. The molecule has 0 aliphatic heterocycles. The number of ether oxygens (including phenoxy) is 1. The largest absolute Gasteiger partial charge is 0.494 e. The number of rotatable bonds is 7. The van der Waals surface area contributed by atoms with Gasteiger partial charge in [-0.05, 0) is 18.6 Å². The number of nitro benzene ring substituents is 1. The number of carbonyl (C=O) groups excluding carboxylic acids is 1. The Kier molecular flexibility index (Phi) is 6.68. The first kappa shape index (κ1) is 23.4. The molecular formula is C26H22N4O5. The standard InChI is InChI=1S/C26H22N4O5/c1-3-29-26(32)23(25(31)27-20-15-14-19(30(33)34)16-21(20)35-2)22(17-10-6-4-7-11-17)24(28-29)18-12-8-5-9-13-18/h4-16H,3H2,1-2H3,(H,27,31). The molecule has 0 fully saturated rings. The van der Waals surface area contributed by atoms with E-state index in [1.54, 1.807) is 6.92 Å². The first-order valence-electron chi connectivity index (χ1n) is 10.8. The summed E-state index contributed by atoms with van der Waals surface area (Å²) < 4.78 is 6.49. The van der Waals surface area contributed by atoms with Crippen molar-refractivity contribution in [2.75, 3.05) is 12.4 Å². The van der Waals surface area contributed by atoms with Crippen LogP contribution in [0.15, 0.2) is 83.7 Å². The summed E-state index contributed by atoms with van der Waals surface area (Å²) in [6, 6.07) is 22.2. The maximum atomic E-state index is 13.6. The number of carbonyl (C=O) groups is 1. The average Bonchev–Trinajstić information content (AvgIpc) is 2.89. The molecular weight excluding hydrogens is 448 g/mol. The average molecular weight is 470 g/mol. The first-order valence-corrected chi connectivity index (χ1v) is 10.8. The van der Waals surface area contributed by atoms with Gasteiger partial charge in [0, 0.05) is 23.7 Å². The molecule has 0 aliphatic carbocycles. The molecule has 1 amide bonds. The van der Waals surface area contributed by atoms with Gasteiger partial charge in [-0.25, -0.2) is 4.68 Å². The highest BCUT2D eigenvalue weighted by molar-refractivity contribution is 6.10. The summed E-state index contributed by atoms with van der Waals surface area (Å²) in [6.45, 7) is 2.03. The summed E-state index contributed by atoms with van der Waals surface area (Å²) in [5.41, 5.74) is 1.65. The lowest BCUT2D eigenvalue weighted by molar-refractivity contribution is -0.384. The lowest BCUT2D eigenvalue weighted by Gasteiger charge is -2.17. The van der Waals surface area contributed by atoms with Gasteiger partial charge in [0.1, 0.15) is 11.3 Å². The second-order valence-corrected chi connectivity index (χ2v) is 7.55. The molecule has 0 radical (unpaired) electrons. The SMILES string of the molecule is CCn1nc(-c2ccccc2)c(-c2ccccc2)c(C(=O)Nc2ccc([N+](=O)[O-])cc2OC)c1=O. The molecule has 1 aromatic heterocycles. The van der Waals surface area contributed by atoms with Crippen molar-refractivity contribution in [3.63, 3.8) is 0 Å². The summed E-state index contributed by atoms with van der Waals surface area (Å²) in [5.74, 6) is -0.579. The van der Waals surface area contributed by atoms with Gasteiger partial charge in [-0.2, -0.15) is 5.10 Å². The predicted molar refractivity (Wildman–Crippen MR) is 133 cm³/mol. The van der Waals surface area contributed by atoms with Crippen molar-refractivity contribution in [3.05, 3.63) is 105 Å². The Bertz CT molecular complexity index is 1450. The maximum Gasteiger partial charge on any atom is 0.280 e. The van der Waals surface area contributed by atoms with Crippen LogP contribution in [0.2, 0.25) is 0 Å². The van der Waals surface area contributed by atoms with Crippen molar-refractivity contribution in [1.82, 2.24) is 9.78 Å². The van der Waals surface area contributed by atoms with Crippen LogP contribution >= 0.6 is 0 Å². The molecule has 3 aromatic carbocycles. The van der Waals surface area contributed by atoms with Gasteiger partial charge in [0.25, 0.3) is 17.2 Å². The van der Waals surface area contributed by atoms with Gasteiger partial charge in [0.05, 0.1) is 29.5 Å². The fourth-order valence-electron chi connectivity index (χ4n) is 3.76. The number of amides is 1. The van der Waals surface area contributed by atoms with Gasteiger partial charge >= 0.3 is 0 Å². The van der Waals surface area contributed by atoms with Crippen molar-refractivity contribution in [2.24, 2.45) is 0 Å². The second kappa shape index (κ2) is 10.0. The molecule has 1 N–H and O–H groups in total. The van der Waals surface area contributed by atoms with Crippen molar-refractivity contribution in [3.8, 4) is 28.1 Å². The van der Waals surface area contributed by atoms with Crippen LogP contribution in [0.5, 0.6) is 5.75 Å². The minimum absolute atomic E-state index is 0.0905. The third kappa shape index (κ3) is 4.65. The Morgan fingerprint density at radius 2 is 1.66 bits per heavy atom. The molecule has 0 unspecified atom stereocenters. The van der Waals surface area contributed by atoms with Crippen molar-refractivity contribution >= 4 is 17.3 Å². The Balaban J connectivity index is 1.94. The molecule has 1 heterocycles. The van der Waals surface area contributed by atoms with Gasteiger partial charge < -0.3 is 10.1 Å². The number of hydrogen-bond acceptors (Lipinski definition) is 6. The fraction of sp³-hybridized carbons (Fsp3) is 0.115. The van der Waals surface area contributed by atoms with E-state index in [1.165, 1.54) is 30.0 Å². The van der Waals surface area contributed by atoms with Crippen LogP contribution in [0, 0.1) is 10.1 Å². The van der Waals surface area contributed by atoms with Gasteiger partial charge in [-0.15, -0.1) is 0 Å². The van der Waals surface area contributed by atoms with Gasteiger partial charge in [-0.1, -0.05) is 60.7 Å². The van der Waals surface area contributed by atoms with E-state index in [4.69, 9.17) is 4.74 Å². The van der Waals surface area contributed by atoms with Crippen LogP contribution in [0.1, 0.15) is 17.3 Å². The molecule has 35 heavy (non-hydrogen) atoms. The Morgan fingerprint density at radius 3 is 2.23 bits per heavy atom. The summed E-state index contributed by atoms with van der Waals surface area (Å²) in [4.78, 5) is 37.6. The van der Waals surface area contributed by atoms with E-state index in [1.807, 2.05) is 60.7 Å². The van der Waals surface area contributed by atoms with Crippen LogP contribution in [0.4, 0.5) is 11.4 Å². The van der Waals surface area contributed by atoms with E-state index in [2.05, 4.69) is 10.4 Å². The van der Waals surface area contributed by atoms with Crippen LogP contribution in [0.25, 0.3) is 22.4 Å². The molecule has 0 saturated heterocycles. The highest BCUT2D eigenvalue weighted by atomic mass is 16.6. The highest BCUT2D eigenvalue weighted by Crippen LogP contribution is 2.34. The van der Waals surface area contributed by atoms with Crippen molar-refractivity contribution < 1.29 is 14.5 Å². The number of benzene rings is 3. The van der Waals surface area contributed by atoms with Crippen molar-refractivity contribution in [2.45, 2.75) is 13.5 Å². The quantitative estimate of drug-likeness (QED) is 0.307. The third-order valence-corrected chi connectivity index (χ3v) is 5.44. The minimum Gasteiger partial charge on any atom is -0.494 e. The van der Waals surface area contributed by atoms with Crippen LogP contribution < -0.4 is 15.6 Å². The molecule has 0 saturated carbocycles. The number of anilines is 1. The lowest BCUT2D eigenvalue weighted by atomic mass is 9.95. The Labute approximate surface area is 200 Å². The smallest absolute Gasteiger partial charge is 0.280 e. The van der Waals surface area contributed by atoms with Crippen LogP contribution in [-0.2, 0) is 6.54 Å². The number of non-ortho nitro benzene ring substituents is 1. The topological polar surface area (TPSA) is 116 Å². The molecule has 9 heteroatoms. The highest BCUT2D eigenvalue weighted by Gasteiger charge is 2.26. The zero-order valence-corrected chi connectivity index (χ0v) is 19.1. The first-order chi connectivity index (χ1) is 16.9. The number of nitrogens with one attached hydrogen (secondary N) is 1. The summed E-state index contributed by atoms with van der Waals surface area (Å²) in [6.07, 6.45) is 0. The molecule has 9 nitrogen and oxygen atoms in total.